The predicted octanol–water partition coefficient (Wildman–Crippen LogP) is 3.46. The second-order valence-electron chi connectivity index (χ2n) is 4.17. The molecule has 3 aromatic rings. The number of nitrogens with zero attached hydrogens (tertiary/aromatic N) is 3. The number of alkyl halides is 1. The summed E-state index contributed by atoms with van der Waals surface area (Å²) in [5, 5.41) is 9.15. The van der Waals surface area contributed by atoms with Gasteiger partial charge in [-0.3, -0.25) is 4.98 Å². The van der Waals surface area contributed by atoms with Gasteiger partial charge in [-0.05, 0) is 24.6 Å². The number of benzene rings is 1. The van der Waals surface area contributed by atoms with E-state index in [1.165, 1.54) is 0 Å². The molecule has 5 heteroatoms. The van der Waals surface area contributed by atoms with Crippen LogP contribution in [0.3, 0.4) is 0 Å². The van der Waals surface area contributed by atoms with Gasteiger partial charge in [0, 0.05) is 29.4 Å². The summed E-state index contributed by atoms with van der Waals surface area (Å²) in [5.41, 5.74) is 1.83. The first-order chi connectivity index (χ1) is 9.38. The Hall–Kier alpha value is -1.94. The quantitative estimate of drug-likeness (QED) is 0.683. The standard InChI is InChI=1S/C14H12ClN3O/c15-8-2-7-13-17-18-14(19-13)11-4-1-6-12-10(11)5-3-9-16-12/h1,3-6,9H,2,7-8H2. The van der Waals surface area contributed by atoms with Gasteiger partial charge in [-0.25, -0.2) is 0 Å². The summed E-state index contributed by atoms with van der Waals surface area (Å²) in [6.07, 6.45) is 3.31. The lowest BCUT2D eigenvalue weighted by molar-refractivity contribution is 0.503. The van der Waals surface area contributed by atoms with Crippen LogP contribution in [0.25, 0.3) is 22.4 Å². The third-order valence-corrected chi connectivity index (χ3v) is 3.13. The molecule has 0 bridgehead atoms. The van der Waals surface area contributed by atoms with Crippen molar-refractivity contribution in [2.75, 3.05) is 5.88 Å². The zero-order valence-electron chi connectivity index (χ0n) is 10.2. The first kappa shape index (κ1) is 12.1. The summed E-state index contributed by atoms with van der Waals surface area (Å²) in [5.74, 6) is 1.75. The lowest BCUT2D eigenvalue weighted by Crippen LogP contribution is -1.85. The smallest absolute Gasteiger partial charge is 0.248 e. The van der Waals surface area contributed by atoms with Gasteiger partial charge >= 0.3 is 0 Å². The maximum atomic E-state index is 5.67. The van der Waals surface area contributed by atoms with Crippen LogP contribution in [0.1, 0.15) is 12.3 Å². The predicted molar refractivity (Wildman–Crippen MR) is 74.1 cm³/mol. The second-order valence-corrected chi connectivity index (χ2v) is 4.55. The van der Waals surface area contributed by atoms with E-state index in [-0.39, 0.29) is 0 Å². The van der Waals surface area contributed by atoms with Crippen LogP contribution < -0.4 is 0 Å². The number of fused-ring (bicyclic) bond motifs is 1. The number of aryl methyl sites for hydroxylation is 1. The fourth-order valence-electron chi connectivity index (χ4n) is 1.97. The van der Waals surface area contributed by atoms with Crippen LogP contribution in [0.15, 0.2) is 40.9 Å². The SMILES string of the molecule is ClCCCc1nnc(-c2cccc3ncccc23)o1. The lowest BCUT2D eigenvalue weighted by Gasteiger charge is -2.00. The van der Waals surface area contributed by atoms with Crippen molar-refractivity contribution >= 4 is 22.5 Å². The van der Waals surface area contributed by atoms with E-state index in [0.29, 0.717) is 24.1 Å². The molecule has 0 radical (unpaired) electrons. The van der Waals surface area contributed by atoms with E-state index in [9.17, 15) is 0 Å². The number of pyridine rings is 1. The molecule has 3 rings (SSSR count). The minimum atomic E-state index is 0.531. The van der Waals surface area contributed by atoms with Gasteiger partial charge in [0.1, 0.15) is 0 Å². The maximum Gasteiger partial charge on any atom is 0.248 e. The molecule has 0 aliphatic heterocycles. The van der Waals surface area contributed by atoms with Gasteiger partial charge in [0.15, 0.2) is 0 Å². The number of rotatable bonds is 4. The molecule has 0 aliphatic rings. The zero-order valence-corrected chi connectivity index (χ0v) is 11.0. The molecular weight excluding hydrogens is 262 g/mol. The number of aromatic nitrogens is 3. The highest BCUT2D eigenvalue weighted by Gasteiger charge is 2.11. The van der Waals surface area contributed by atoms with Gasteiger partial charge in [-0.15, -0.1) is 21.8 Å². The monoisotopic (exact) mass is 273 g/mol. The van der Waals surface area contributed by atoms with E-state index >= 15 is 0 Å². The van der Waals surface area contributed by atoms with Crippen molar-refractivity contribution in [2.45, 2.75) is 12.8 Å². The third kappa shape index (κ3) is 2.44. The fraction of sp³-hybridized carbons (Fsp3) is 0.214. The molecule has 0 fully saturated rings. The average Bonchev–Trinajstić information content (AvgIpc) is 2.93. The van der Waals surface area contributed by atoms with E-state index < -0.39 is 0 Å². The van der Waals surface area contributed by atoms with E-state index in [4.69, 9.17) is 16.0 Å². The van der Waals surface area contributed by atoms with Crippen LogP contribution in [0.2, 0.25) is 0 Å². The van der Waals surface area contributed by atoms with Gasteiger partial charge in [-0.2, -0.15) is 0 Å². The largest absolute Gasteiger partial charge is 0.421 e. The molecule has 0 atom stereocenters. The topological polar surface area (TPSA) is 51.8 Å². The van der Waals surface area contributed by atoms with Crippen molar-refractivity contribution in [3.05, 3.63) is 42.4 Å². The number of hydrogen-bond donors (Lipinski definition) is 0. The first-order valence-corrected chi connectivity index (χ1v) is 6.64. The Morgan fingerprint density at radius 1 is 1.11 bits per heavy atom. The number of hydrogen-bond acceptors (Lipinski definition) is 4. The molecule has 96 valence electrons. The Kier molecular flexibility index (Phi) is 3.42. The zero-order chi connectivity index (χ0) is 13.1. The second kappa shape index (κ2) is 5.36. The van der Waals surface area contributed by atoms with Gasteiger partial charge in [0.2, 0.25) is 11.8 Å². The van der Waals surface area contributed by atoms with Gasteiger partial charge < -0.3 is 4.42 Å². The fourth-order valence-corrected chi connectivity index (χ4v) is 2.10. The van der Waals surface area contributed by atoms with Crippen molar-refractivity contribution < 1.29 is 4.42 Å². The van der Waals surface area contributed by atoms with Crippen LogP contribution >= 0.6 is 11.6 Å². The molecule has 0 N–H and O–H groups in total. The van der Waals surface area contributed by atoms with Crippen molar-refractivity contribution in [1.29, 1.82) is 0 Å². The summed E-state index contributed by atoms with van der Waals surface area (Å²) >= 11 is 5.66. The summed E-state index contributed by atoms with van der Waals surface area (Å²) in [4.78, 5) is 4.32. The van der Waals surface area contributed by atoms with Crippen molar-refractivity contribution in [3.63, 3.8) is 0 Å². The molecule has 0 unspecified atom stereocenters. The molecule has 4 nitrogen and oxygen atoms in total. The van der Waals surface area contributed by atoms with Crippen molar-refractivity contribution in [2.24, 2.45) is 0 Å². The molecule has 2 aromatic heterocycles. The van der Waals surface area contributed by atoms with Crippen LogP contribution in [-0.2, 0) is 6.42 Å². The Morgan fingerprint density at radius 3 is 2.95 bits per heavy atom. The maximum absolute atomic E-state index is 5.67. The van der Waals surface area contributed by atoms with E-state index in [1.807, 2.05) is 30.3 Å². The highest BCUT2D eigenvalue weighted by Crippen LogP contribution is 2.26. The molecule has 0 saturated carbocycles. The highest BCUT2D eigenvalue weighted by atomic mass is 35.5. The molecule has 0 aliphatic carbocycles. The lowest BCUT2D eigenvalue weighted by atomic mass is 10.1. The van der Waals surface area contributed by atoms with Crippen LogP contribution in [-0.4, -0.2) is 21.1 Å². The van der Waals surface area contributed by atoms with E-state index in [1.54, 1.807) is 6.20 Å². The average molecular weight is 274 g/mol. The molecule has 0 spiro atoms. The minimum Gasteiger partial charge on any atom is -0.421 e. The van der Waals surface area contributed by atoms with Gasteiger partial charge in [0.25, 0.3) is 0 Å². The van der Waals surface area contributed by atoms with Crippen molar-refractivity contribution in [1.82, 2.24) is 15.2 Å². The Labute approximate surface area is 115 Å². The summed E-state index contributed by atoms with van der Waals surface area (Å²) in [6.45, 7) is 0. The summed E-state index contributed by atoms with van der Waals surface area (Å²) in [6, 6.07) is 9.76. The normalized spacial score (nSPS) is 11.0. The van der Waals surface area contributed by atoms with Crippen molar-refractivity contribution in [3.8, 4) is 11.5 Å². The van der Waals surface area contributed by atoms with E-state index in [2.05, 4.69) is 15.2 Å². The highest BCUT2D eigenvalue weighted by molar-refractivity contribution is 6.17. The molecular formula is C14H12ClN3O. The van der Waals surface area contributed by atoms with Crippen LogP contribution in [0.4, 0.5) is 0 Å². The first-order valence-electron chi connectivity index (χ1n) is 6.11. The summed E-state index contributed by atoms with van der Waals surface area (Å²) in [7, 11) is 0. The molecule has 0 saturated heterocycles. The van der Waals surface area contributed by atoms with Crippen LogP contribution in [0.5, 0.6) is 0 Å². The minimum absolute atomic E-state index is 0.531. The molecule has 0 amide bonds. The van der Waals surface area contributed by atoms with Gasteiger partial charge in [0.05, 0.1) is 5.52 Å². The van der Waals surface area contributed by atoms with Crippen LogP contribution in [0, 0.1) is 0 Å². The third-order valence-electron chi connectivity index (χ3n) is 2.87. The molecule has 1 aromatic carbocycles. The van der Waals surface area contributed by atoms with Gasteiger partial charge in [-0.1, -0.05) is 12.1 Å². The Morgan fingerprint density at radius 2 is 2.05 bits per heavy atom. The molecule has 2 heterocycles. The summed E-state index contributed by atoms with van der Waals surface area (Å²) < 4.78 is 5.67. The van der Waals surface area contributed by atoms with E-state index in [0.717, 1.165) is 22.9 Å². The Bertz CT molecular complexity index is 690. The molecule has 19 heavy (non-hydrogen) atoms. The number of halogens is 1. The Balaban J connectivity index is 2.02.